The molecule has 0 saturated carbocycles. The Morgan fingerprint density at radius 3 is 2.27 bits per heavy atom. The molecular weight excluding hydrogens is 354 g/mol. The molecular formula is C14H8Cl3FN2O2. The molecule has 0 heterocycles. The molecule has 22 heavy (non-hydrogen) atoms. The van der Waals surface area contributed by atoms with Gasteiger partial charge in [0.2, 0.25) is 0 Å². The van der Waals surface area contributed by atoms with Crippen LogP contribution in [0, 0.1) is 5.82 Å². The summed E-state index contributed by atoms with van der Waals surface area (Å²) in [6.07, 6.45) is 0. The summed E-state index contributed by atoms with van der Waals surface area (Å²) in [6, 6.07) is 6.88. The smallest absolute Gasteiger partial charge is 0.308 e. The maximum absolute atomic E-state index is 12.9. The van der Waals surface area contributed by atoms with Crippen molar-refractivity contribution in [1.29, 1.82) is 0 Å². The van der Waals surface area contributed by atoms with E-state index < -0.39 is 17.8 Å². The lowest BCUT2D eigenvalue weighted by Crippen LogP contribution is -2.34. The van der Waals surface area contributed by atoms with Crippen molar-refractivity contribution in [2.45, 2.75) is 0 Å². The molecule has 114 valence electrons. The molecule has 0 aromatic heterocycles. The van der Waals surface area contributed by atoms with E-state index in [1.54, 1.807) is 0 Å². The van der Waals surface area contributed by atoms with Crippen LogP contribution >= 0.6 is 34.8 Å². The lowest BCUT2D eigenvalue weighted by atomic mass is 10.2. The van der Waals surface area contributed by atoms with Crippen molar-refractivity contribution >= 4 is 52.4 Å². The molecule has 0 atom stereocenters. The standard InChI is InChI=1S/C14H8Cl3FN2O2/c15-10-4-2-8(6-12(10)17)19-14(22)20-13(21)9-3-1-7(18)5-11(9)16/h1-6H,(H2,19,20,21,22). The third-order valence-electron chi connectivity index (χ3n) is 2.58. The average molecular weight is 362 g/mol. The second-order valence-corrected chi connectivity index (χ2v) is 5.38. The van der Waals surface area contributed by atoms with E-state index in [2.05, 4.69) is 10.6 Å². The molecule has 3 amide bonds. The first-order valence-electron chi connectivity index (χ1n) is 5.89. The van der Waals surface area contributed by atoms with E-state index in [-0.39, 0.29) is 15.6 Å². The summed E-state index contributed by atoms with van der Waals surface area (Å²) >= 11 is 17.3. The van der Waals surface area contributed by atoms with Crippen LogP contribution in [0.1, 0.15) is 10.4 Å². The molecule has 0 aliphatic heterocycles. The molecule has 2 aromatic carbocycles. The number of anilines is 1. The molecule has 8 heteroatoms. The van der Waals surface area contributed by atoms with E-state index in [4.69, 9.17) is 34.8 Å². The van der Waals surface area contributed by atoms with Crippen molar-refractivity contribution in [2.75, 3.05) is 5.32 Å². The van der Waals surface area contributed by atoms with Crippen LogP contribution in [-0.2, 0) is 0 Å². The predicted octanol–water partition coefficient (Wildman–Crippen LogP) is 4.75. The Morgan fingerprint density at radius 2 is 1.64 bits per heavy atom. The zero-order chi connectivity index (χ0) is 16.3. The highest BCUT2D eigenvalue weighted by Gasteiger charge is 2.14. The quantitative estimate of drug-likeness (QED) is 0.811. The highest BCUT2D eigenvalue weighted by molar-refractivity contribution is 6.42. The fourth-order valence-corrected chi connectivity index (χ4v) is 2.13. The number of halogens is 4. The van der Waals surface area contributed by atoms with Crippen molar-refractivity contribution in [3.05, 3.63) is 62.8 Å². The highest BCUT2D eigenvalue weighted by Crippen LogP contribution is 2.25. The summed E-state index contributed by atoms with van der Waals surface area (Å²) in [4.78, 5) is 23.6. The Hall–Kier alpha value is -1.82. The van der Waals surface area contributed by atoms with Gasteiger partial charge in [0, 0.05) is 5.69 Å². The number of nitrogens with one attached hydrogen (secondary N) is 2. The van der Waals surface area contributed by atoms with Crippen LogP contribution in [0.5, 0.6) is 0 Å². The second kappa shape index (κ2) is 6.96. The minimum atomic E-state index is -0.788. The van der Waals surface area contributed by atoms with Crippen molar-refractivity contribution in [1.82, 2.24) is 5.32 Å². The highest BCUT2D eigenvalue weighted by atomic mass is 35.5. The number of carbonyl (C=O) groups excluding carboxylic acids is 2. The first-order valence-corrected chi connectivity index (χ1v) is 7.02. The topological polar surface area (TPSA) is 58.2 Å². The number of hydrogen-bond acceptors (Lipinski definition) is 2. The molecule has 0 aliphatic carbocycles. The summed E-state index contributed by atoms with van der Waals surface area (Å²) in [5.41, 5.74) is 0.331. The molecule has 4 nitrogen and oxygen atoms in total. The maximum atomic E-state index is 12.9. The zero-order valence-electron chi connectivity index (χ0n) is 10.8. The summed E-state index contributed by atoms with van der Waals surface area (Å²) in [5, 5.41) is 4.97. The van der Waals surface area contributed by atoms with Crippen LogP contribution in [-0.4, -0.2) is 11.9 Å². The Bertz CT molecular complexity index is 753. The number of benzene rings is 2. The minimum Gasteiger partial charge on any atom is -0.308 e. The minimum absolute atomic E-state index is 0.0210. The fourth-order valence-electron chi connectivity index (χ4n) is 1.58. The van der Waals surface area contributed by atoms with Crippen molar-refractivity contribution in [3.63, 3.8) is 0 Å². The largest absolute Gasteiger partial charge is 0.326 e. The zero-order valence-corrected chi connectivity index (χ0v) is 13.1. The van der Waals surface area contributed by atoms with Gasteiger partial charge in [-0.15, -0.1) is 0 Å². The van der Waals surface area contributed by atoms with Crippen molar-refractivity contribution < 1.29 is 14.0 Å². The van der Waals surface area contributed by atoms with Crippen molar-refractivity contribution in [3.8, 4) is 0 Å². The molecule has 2 N–H and O–H groups in total. The Morgan fingerprint density at radius 1 is 0.909 bits per heavy atom. The van der Waals surface area contributed by atoms with Gasteiger partial charge in [-0.2, -0.15) is 0 Å². The Labute approximate surface area is 140 Å². The number of imide groups is 1. The number of rotatable bonds is 2. The van der Waals surface area contributed by atoms with E-state index in [9.17, 15) is 14.0 Å². The third-order valence-corrected chi connectivity index (χ3v) is 3.63. The van der Waals surface area contributed by atoms with Gasteiger partial charge in [-0.05, 0) is 36.4 Å². The average Bonchev–Trinajstić information content (AvgIpc) is 2.42. The normalized spacial score (nSPS) is 10.2. The number of carbonyl (C=O) groups is 2. The lowest BCUT2D eigenvalue weighted by molar-refractivity contribution is 0.0967. The molecule has 2 rings (SSSR count). The van der Waals surface area contributed by atoms with E-state index >= 15 is 0 Å². The van der Waals surface area contributed by atoms with E-state index in [0.717, 1.165) is 12.1 Å². The van der Waals surface area contributed by atoms with Crippen LogP contribution < -0.4 is 10.6 Å². The number of hydrogen-bond donors (Lipinski definition) is 2. The Kier molecular flexibility index (Phi) is 5.24. The molecule has 0 aliphatic rings. The molecule has 0 saturated heterocycles. The van der Waals surface area contributed by atoms with Gasteiger partial charge in [-0.25, -0.2) is 9.18 Å². The van der Waals surface area contributed by atoms with Crippen LogP contribution in [0.3, 0.4) is 0 Å². The first kappa shape index (κ1) is 16.5. The molecule has 2 aromatic rings. The van der Waals surface area contributed by atoms with E-state index in [0.29, 0.717) is 10.7 Å². The Balaban J connectivity index is 2.05. The predicted molar refractivity (Wildman–Crippen MR) is 84.4 cm³/mol. The molecule has 0 bridgehead atoms. The van der Waals surface area contributed by atoms with Crippen LogP contribution in [0.4, 0.5) is 14.9 Å². The van der Waals surface area contributed by atoms with Gasteiger partial charge in [0.1, 0.15) is 5.82 Å². The molecule has 0 spiro atoms. The third kappa shape index (κ3) is 4.10. The van der Waals surface area contributed by atoms with E-state index in [1.165, 1.54) is 24.3 Å². The lowest BCUT2D eigenvalue weighted by Gasteiger charge is -2.08. The molecule has 0 unspecified atom stereocenters. The summed E-state index contributed by atoms with van der Waals surface area (Å²) in [5.74, 6) is -1.34. The van der Waals surface area contributed by atoms with Gasteiger partial charge in [-0.1, -0.05) is 34.8 Å². The summed E-state index contributed by atoms with van der Waals surface area (Å²) < 4.78 is 12.9. The van der Waals surface area contributed by atoms with Gasteiger partial charge in [0.15, 0.2) is 0 Å². The van der Waals surface area contributed by atoms with Gasteiger partial charge in [0.05, 0.1) is 20.6 Å². The van der Waals surface area contributed by atoms with Gasteiger partial charge in [0.25, 0.3) is 5.91 Å². The second-order valence-electron chi connectivity index (χ2n) is 4.16. The van der Waals surface area contributed by atoms with Gasteiger partial charge >= 0.3 is 6.03 Å². The van der Waals surface area contributed by atoms with E-state index in [1.807, 2.05) is 0 Å². The first-order chi connectivity index (χ1) is 10.4. The molecule has 0 radical (unpaired) electrons. The summed E-state index contributed by atoms with van der Waals surface area (Å²) in [6.45, 7) is 0. The van der Waals surface area contributed by atoms with Crippen LogP contribution in [0.2, 0.25) is 15.1 Å². The van der Waals surface area contributed by atoms with Gasteiger partial charge in [-0.3, -0.25) is 10.1 Å². The van der Waals surface area contributed by atoms with Crippen LogP contribution in [0.25, 0.3) is 0 Å². The number of urea groups is 1. The maximum Gasteiger partial charge on any atom is 0.326 e. The summed E-state index contributed by atoms with van der Waals surface area (Å²) in [7, 11) is 0. The van der Waals surface area contributed by atoms with Gasteiger partial charge < -0.3 is 5.32 Å². The molecule has 0 fully saturated rings. The number of amides is 3. The SMILES string of the molecule is O=C(NC(=O)c1ccc(F)cc1Cl)Nc1ccc(Cl)c(Cl)c1. The van der Waals surface area contributed by atoms with Crippen molar-refractivity contribution in [2.24, 2.45) is 0 Å². The fraction of sp³-hybridized carbons (Fsp3) is 0. The monoisotopic (exact) mass is 360 g/mol. The van der Waals surface area contributed by atoms with Crippen LogP contribution in [0.15, 0.2) is 36.4 Å².